The largest absolute Gasteiger partial charge is 0.455 e. The van der Waals surface area contributed by atoms with E-state index >= 15 is 0 Å². The summed E-state index contributed by atoms with van der Waals surface area (Å²) in [7, 11) is 0. The van der Waals surface area contributed by atoms with Gasteiger partial charge >= 0.3 is 0 Å². The number of para-hydroxylation sites is 2. The predicted molar refractivity (Wildman–Crippen MR) is 265 cm³/mol. The Morgan fingerprint density at radius 3 is 1.11 bits per heavy atom. The van der Waals surface area contributed by atoms with Gasteiger partial charge in [0.15, 0.2) is 0 Å². The Bertz CT molecular complexity index is 3690. The highest BCUT2D eigenvalue weighted by atomic mass is 16.3. The Kier molecular flexibility index (Phi) is 7.91. The van der Waals surface area contributed by atoms with Crippen LogP contribution in [-0.4, -0.2) is 0 Å². The summed E-state index contributed by atoms with van der Waals surface area (Å²) in [6.45, 7) is 0. The second-order valence-electron chi connectivity index (χ2n) is 16.4. The minimum absolute atomic E-state index is 0.896. The lowest BCUT2D eigenvalue weighted by Crippen LogP contribution is -2.09. The molecule has 0 spiro atoms. The van der Waals surface area contributed by atoms with Gasteiger partial charge in [-0.15, -0.1) is 0 Å². The first-order valence-electron chi connectivity index (χ1n) is 21.5. The predicted octanol–water partition coefficient (Wildman–Crippen LogP) is 17.4. The number of nitrogens with zero attached hydrogens (tertiary/aromatic N) is 1. The Labute approximate surface area is 363 Å². The normalized spacial score (nSPS) is 11.8. The van der Waals surface area contributed by atoms with Crippen molar-refractivity contribution in [3.8, 4) is 33.4 Å². The first-order valence-corrected chi connectivity index (χ1v) is 21.5. The van der Waals surface area contributed by atoms with Gasteiger partial charge in [0.2, 0.25) is 0 Å². The lowest BCUT2D eigenvalue weighted by atomic mass is 9.95. The highest BCUT2D eigenvalue weighted by Gasteiger charge is 2.20. The van der Waals surface area contributed by atoms with Crippen molar-refractivity contribution in [3.05, 3.63) is 224 Å². The zero-order valence-electron chi connectivity index (χ0n) is 34.1. The molecule has 0 fully saturated rings. The molecule has 2 aromatic heterocycles. The maximum absolute atomic E-state index is 6.63. The summed E-state index contributed by atoms with van der Waals surface area (Å²) in [4.78, 5) is 2.34. The van der Waals surface area contributed by atoms with Crippen LogP contribution in [0.15, 0.2) is 233 Å². The summed E-state index contributed by atoms with van der Waals surface area (Å²) in [5.74, 6) is 0. The molecule has 0 saturated carbocycles. The van der Waals surface area contributed by atoms with Gasteiger partial charge in [-0.05, 0) is 115 Å². The monoisotopic (exact) mass is 803 g/mol. The number of hydrogen-bond donors (Lipinski definition) is 0. The van der Waals surface area contributed by atoms with Gasteiger partial charge < -0.3 is 13.7 Å². The van der Waals surface area contributed by atoms with Crippen LogP contribution in [0.3, 0.4) is 0 Å². The molecule has 0 atom stereocenters. The van der Waals surface area contributed by atoms with E-state index in [9.17, 15) is 0 Å². The van der Waals surface area contributed by atoms with E-state index in [1.165, 1.54) is 43.4 Å². The number of rotatable bonds is 6. The Hall–Kier alpha value is -8.40. The Balaban J connectivity index is 0.946. The number of furan rings is 2. The van der Waals surface area contributed by atoms with Crippen LogP contribution < -0.4 is 4.90 Å². The average Bonchev–Trinajstić information content (AvgIpc) is 3.94. The van der Waals surface area contributed by atoms with Crippen molar-refractivity contribution in [2.75, 3.05) is 4.90 Å². The Morgan fingerprint density at radius 2 is 0.635 bits per heavy atom. The van der Waals surface area contributed by atoms with Gasteiger partial charge in [-0.1, -0.05) is 164 Å². The van der Waals surface area contributed by atoms with Gasteiger partial charge in [0.05, 0.1) is 0 Å². The molecule has 0 aliphatic carbocycles. The molecule has 0 unspecified atom stereocenters. The topological polar surface area (TPSA) is 29.5 Å². The number of anilines is 3. The maximum atomic E-state index is 6.63. The molecule has 0 amide bonds. The van der Waals surface area contributed by atoms with Crippen molar-refractivity contribution >= 4 is 93.3 Å². The third-order valence-electron chi connectivity index (χ3n) is 12.8. The Morgan fingerprint density at radius 1 is 0.270 bits per heavy atom. The minimum atomic E-state index is 0.896. The van der Waals surface area contributed by atoms with Crippen LogP contribution in [0.4, 0.5) is 17.1 Å². The molecular formula is C60H37NO2. The molecule has 0 bridgehead atoms. The fraction of sp³-hybridized carbons (Fsp3) is 0. The van der Waals surface area contributed by atoms with Gasteiger partial charge in [-0.25, -0.2) is 0 Å². The van der Waals surface area contributed by atoms with Crippen molar-refractivity contribution < 1.29 is 8.83 Å². The first-order chi connectivity index (χ1) is 31.2. The molecule has 13 rings (SSSR count). The summed E-state index contributed by atoms with van der Waals surface area (Å²) >= 11 is 0. The van der Waals surface area contributed by atoms with Crippen molar-refractivity contribution in [2.24, 2.45) is 0 Å². The van der Waals surface area contributed by atoms with Crippen LogP contribution in [0, 0.1) is 0 Å². The molecule has 2 heterocycles. The summed E-state index contributed by atoms with van der Waals surface area (Å²) in [6, 6.07) is 80.4. The van der Waals surface area contributed by atoms with Crippen LogP contribution >= 0.6 is 0 Å². The average molecular weight is 804 g/mol. The smallest absolute Gasteiger partial charge is 0.143 e. The zero-order chi connectivity index (χ0) is 41.4. The van der Waals surface area contributed by atoms with Gasteiger partial charge in [-0.2, -0.15) is 0 Å². The first kappa shape index (κ1) is 35.4. The molecule has 0 aliphatic heterocycles. The van der Waals surface area contributed by atoms with Crippen LogP contribution in [0.1, 0.15) is 0 Å². The SMILES string of the molecule is c1ccc2c(-c3ccc(N(c4ccc(-c5cc6ccccc6c6c5oc5ccccc56)cc4)c4ccc(-c5cc6ccccc6c6c5oc5ccccc56)cc4)cc3)cccc2c1. The summed E-state index contributed by atoms with van der Waals surface area (Å²) < 4.78 is 13.3. The van der Waals surface area contributed by atoms with Crippen molar-refractivity contribution in [1.29, 1.82) is 0 Å². The molecule has 0 aliphatic rings. The fourth-order valence-corrected chi connectivity index (χ4v) is 9.87. The summed E-state index contributed by atoms with van der Waals surface area (Å²) in [5.41, 5.74) is 13.5. The van der Waals surface area contributed by atoms with Crippen LogP contribution in [-0.2, 0) is 0 Å². The van der Waals surface area contributed by atoms with E-state index < -0.39 is 0 Å². The minimum Gasteiger partial charge on any atom is -0.455 e. The lowest BCUT2D eigenvalue weighted by Gasteiger charge is -2.26. The molecule has 3 nitrogen and oxygen atoms in total. The zero-order valence-corrected chi connectivity index (χ0v) is 34.1. The van der Waals surface area contributed by atoms with E-state index in [4.69, 9.17) is 8.83 Å². The molecule has 63 heavy (non-hydrogen) atoms. The van der Waals surface area contributed by atoms with Crippen molar-refractivity contribution in [2.45, 2.75) is 0 Å². The standard InChI is InChI=1S/C60H37NO2/c1-4-16-47-38(12-1)15-11-21-48(47)39-24-30-44(31-25-39)61(45-32-26-40(27-33-45)53-36-42-13-2-5-17-49(42)57-51-19-7-9-22-55(51)62-59(53)57)46-34-28-41(29-35-46)54-37-43-14-3-6-18-50(43)58-52-20-8-10-23-56(52)63-60(54)58/h1-37H. The van der Waals surface area contributed by atoms with Gasteiger partial charge in [0, 0.05) is 49.7 Å². The molecule has 294 valence electrons. The highest BCUT2D eigenvalue weighted by molar-refractivity contribution is 6.23. The van der Waals surface area contributed by atoms with E-state index in [1.54, 1.807) is 0 Å². The third-order valence-corrected chi connectivity index (χ3v) is 12.8. The quantitative estimate of drug-likeness (QED) is 0.168. The molecule has 0 N–H and O–H groups in total. The number of benzene rings is 11. The van der Waals surface area contributed by atoms with Gasteiger partial charge in [0.1, 0.15) is 22.3 Å². The maximum Gasteiger partial charge on any atom is 0.143 e. The second-order valence-corrected chi connectivity index (χ2v) is 16.4. The van der Waals surface area contributed by atoms with E-state index in [0.29, 0.717) is 0 Å². The fourth-order valence-electron chi connectivity index (χ4n) is 9.87. The molecule has 3 heteroatoms. The van der Waals surface area contributed by atoms with Crippen molar-refractivity contribution in [1.82, 2.24) is 0 Å². The van der Waals surface area contributed by atoms with Gasteiger partial charge in [0.25, 0.3) is 0 Å². The number of fused-ring (bicyclic) bond motifs is 11. The molecular weight excluding hydrogens is 767 g/mol. The highest BCUT2D eigenvalue weighted by Crippen LogP contribution is 2.45. The van der Waals surface area contributed by atoms with Crippen LogP contribution in [0.5, 0.6) is 0 Å². The van der Waals surface area contributed by atoms with Crippen LogP contribution in [0.25, 0.3) is 110 Å². The molecule has 0 radical (unpaired) electrons. The van der Waals surface area contributed by atoms with Crippen molar-refractivity contribution in [3.63, 3.8) is 0 Å². The van der Waals surface area contributed by atoms with Crippen LogP contribution in [0.2, 0.25) is 0 Å². The van der Waals surface area contributed by atoms with Gasteiger partial charge in [-0.3, -0.25) is 0 Å². The van der Waals surface area contributed by atoms with E-state index in [1.807, 2.05) is 12.1 Å². The summed E-state index contributed by atoms with van der Waals surface area (Å²) in [6.07, 6.45) is 0. The van der Waals surface area contributed by atoms with E-state index in [0.717, 1.165) is 83.2 Å². The third kappa shape index (κ3) is 5.67. The molecule has 11 aromatic carbocycles. The van der Waals surface area contributed by atoms with E-state index in [-0.39, 0.29) is 0 Å². The van der Waals surface area contributed by atoms with E-state index in [2.05, 4.69) is 217 Å². The summed E-state index contributed by atoms with van der Waals surface area (Å²) in [5, 5.41) is 11.8. The number of hydrogen-bond acceptors (Lipinski definition) is 3. The second kappa shape index (κ2) is 14.1. The lowest BCUT2D eigenvalue weighted by molar-refractivity contribution is 0.670. The molecule has 0 saturated heterocycles. The molecule has 13 aromatic rings.